The van der Waals surface area contributed by atoms with Gasteiger partial charge in [0.15, 0.2) is 25.8 Å². The van der Waals surface area contributed by atoms with Gasteiger partial charge in [-0.1, -0.05) is 137 Å². The lowest BCUT2D eigenvalue weighted by Gasteiger charge is -2.62. The van der Waals surface area contributed by atoms with Gasteiger partial charge in [0.25, 0.3) is 0 Å². The van der Waals surface area contributed by atoms with Crippen LogP contribution < -0.4 is 4.74 Å². The van der Waals surface area contributed by atoms with Gasteiger partial charge >= 0.3 is 0 Å². The first-order valence-electron chi connectivity index (χ1n) is 17.2. The Balaban J connectivity index is 1.19. The van der Waals surface area contributed by atoms with E-state index in [0.29, 0.717) is 35.4 Å². The van der Waals surface area contributed by atoms with Gasteiger partial charge in [-0.2, -0.15) is 0 Å². The van der Waals surface area contributed by atoms with Crippen molar-refractivity contribution in [1.29, 1.82) is 0 Å². The Morgan fingerprint density at radius 2 is 1.10 bits per heavy atom. The number of aromatic hydroxyl groups is 1. The van der Waals surface area contributed by atoms with E-state index in [4.69, 9.17) is 19.7 Å². The first-order valence-corrected chi connectivity index (χ1v) is 19.7. The van der Waals surface area contributed by atoms with Gasteiger partial charge in [0.05, 0.1) is 12.2 Å². The van der Waals surface area contributed by atoms with Gasteiger partial charge in [-0.05, 0) is 57.8 Å². The molecule has 6 aromatic rings. The number of phenolic OH excluding ortho intramolecular Hbond substituents is 1. The Kier molecular flexibility index (Phi) is 8.66. The number of benzene rings is 5. The van der Waals surface area contributed by atoms with Crippen LogP contribution in [0.3, 0.4) is 0 Å². The summed E-state index contributed by atoms with van der Waals surface area (Å²) in [6.07, 6.45) is 0.925. The average Bonchev–Trinajstić information content (AvgIpc) is 3.13. The van der Waals surface area contributed by atoms with Gasteiger partial charge in [-0.25, -0.2) is 15.0 Å². The highest BCUT2D eigenvalue weighted by molar-refractivity contribution is 6.79. The van der Waals surface area contributed by atoms with Crippen LogP contribution in [0.25, 0.3) is 56.4 Å². The zero-order valence-electron chi connectivity index (χ0n) is 29.3. The third kappa shape index (κ3) is 6.23. The third-order valence-electron chi connectivity index (χ3n) is 11.0. The predicted octanol–water partition coefficient (Wildman–Crippen LogP) is 10.4. The van der Waals surface area contributed by atoms with Crippen molar-refractivity contribution in [2.75, 3.05) is 6.61 Å². The normalized spacial score (nSPS) is 20.2. The first kappa shape index (κ1) is 33.4. The number of hydrogen-bond donors (Lipinski definition) is 2. The van der Waals surface area contributed by atoms with Crippen molar-refractivity contribution in [2.45, 2.75) is 51.2 Å². The highest BCUT2D eigenvalue weighted by Crippen LogP contribution is 2.68. The molecule has 0 aliphatic carbocycles. The van der Waals surface area contributed by atoms with E-state index in [1.165, 1.54) is 0 Å². The van der Waals surface area contributed by atoms with Gasteiger partial charge in [0.1, 0.15) is 11.5 Å². The molecule has 2 N–H and O–H groups in total. The van der Waals surface area contributed by atoms with Crippen LogP contribution in [0.15, 0.2) is 127 Å². The predicted molar refractivity (Wildman–Crippen MR) is 204 cm³/mol. The number of ether oxygens (including phenoxy) is 1. The Morgan fingerprint density at radius 3 is 1.54 bits per heavy atom. The molecule has 50 heavy (non-hydrogen) atoms. The van der Waals surface area contributed by atoms with Gasteiger partial charge in [-0.15, -0.1) is 0 Å². The summed E-state index contributed by atoms with van der Waals surface area (Å²) in [5, 5.41) is 11.2. The van der Waals surface area contributed by atoms with E-state index < -0.39 is 8.32 Å². The van der Waals surface area contributed by atoms with Gasteiger partial charge in [0, 0.05) is 22.7 Å². The summed E-state index contributed by atoms with van der Waals surface area (Å²) < 4.78 is 6.17. The molecule has 1 aliphatic heterocycles. The molecule has 2 heterocycles. The molecular formula is C43H43N3O3Si. The van der Waals surface area contributed by atoms with Crippen molar-refractivity contribution in [2.24, 2.45) is 5.41 Å². The summed E-state index contributed by atoms with van der Waals surface area (Å²) >= 11 is 0. The van der Waals surface area contributed by atoms with Crippen molar-refractivity contribution in [3.63, 3.8) is 0 Å². The summed E-state index contributed by atoms with van der Waals surface area (Å²) in [5.74, 6) is 1.94. The van der Waals surface area contributed by atoms with Crippen LogP contribution >= 0.6 is 0 Å². The molecule has 252 valence electrons. The highest BCUT2D eigenvalue weighted by atomic mass is 28.4. The van der Waals surface area contributed by atoms with E-state index in [9.17, 15) is 9.90 Å². The van der Waals surface area contributed by atoms with Crippen LogP contribution in [0, 0.1) is 5.41 Å². The minimum absolute atomic E-state index is 0.0154. The number of phenols is 1. The zero-order chi connectivity index (χ0) is 35.1. The van der Waals surface area contributed by atoms with Crippen LogP contribution in [0.2, 0.25) is 17.1 Å². The summed E-state index contributed by atoms with van der Waals surface area (Å²) in [6, 6.07) is 42.1. The number of aromatic nitrogens is 3. The van der Waals surface area contributed by atoms with Crippen LogP contribution in [-0.4, -0.2) is 39.8 Å². The summed E-state index contributed by atoms with van der Waals surface area (Å²) in [4.78, 5) is 26.2. The molecule has 1 aromatic heterocycles. The highest BCUT2D eigenvalue weighted by Gasteiger charge is 2.66. The van der Waals surface area contributed by atoms with Gasteiger partial charge in [0.2, 0.25) is 0 Å². The monoisotopic (exact) mass is 677 g/mol. The molecule has 1 saturated heterocycles. The summed E-state index contributed by atoms with van der Waals surface area (Å²) in [7, 11) is -2.54. The molecule has 0 bridgehead atoms. The van der Waals surface area contributed by atoms with Crippen molar-refractivity contribution in [3.8, 4) is 67.9 Å². The molecule has 6 nitrogen and oxygen atoms in total. The van der Waals surface area contributed by atoms with E-state index in [2.05, 4.69) is 82.8 Å². The molecule has 0 radical (unpaired) electrons. The number of hydrogen-bond acceptors (Lipinski definition) is 6. The van der Waals surface area contributed by atoms with E-state index in [1.807, 2.05) is 66.7 Å². The Morgan fingerprint density at radius 1 is 0.660 bits per heavy atom. The minimum Gasteiger partial charge on any atom is -0.507 e. The fourth-order valence-corrected chi connectivity index (χ4v) is 11.1. The Bertz CT molecular complexity index is 2010. The molecule has 3 atom stereocenters. The lowest BCUT2D eigenvalue weighted by molar-refractivity contribution is 0.145. The third-order valence-corrected chi connectivity index (χ3v) is 16.2. The lowest BCUT2D eigenvalue weighted by Crippen LogP contribution is -2.64. The standard InChI is InChI=1S/C43H43N3O3Si/c1-42(2,3)43(4)27-36(50(43,5)48)28-49-35-24-25-37(38(47)26-35)41-45-39(33-20-16-31(17-21-33)29-12-8-6-9-13-29)44-40(46-41)34-22-18-32(19-23-34)30-14-10-7-11-15-30/h6-26,36,47-48H,27-28H2,1-5H3. The Labute approximate surface area is 295 Å². The quantitative estimate of drug-likeness (QED) is 0.156. The topological polar surface area (TPSA) is 88.4 Å². The maximum atomic E-state index is 11.5. The number of nitrogens with zero attached hydrogens (tertiary/aromatic N) is 3. The van der Waals surface area contributed by atoms with E-state index in [-0.39, 0.29) is 21.7 Å². The van der Waals surface area contributed by atoms with E-state index >= 15 is 0 Å². The fraction of sp³-hybridized carbons (Fsp3) is 0.233. The largest absolute Gasteiger partial charge is 0.507 e. The minimum atomic E-state index is -2.54. The summed E-state index contributed by atoms with van der Waals surface area (Å²) in [5.41, 5.74) is 6.78. The van der Waals surface area contributed by atoms with Crippen molar-refractivity contribution in [3.05, 3.63) is 127 Å². The van der Waals surface area contributed by atoms with E-state index in [1.54, 1.807) is 12.1 Å². The Hall–Kier alpha value is -5.11. The van der Waals surface area contributed by atoms with Gasteiger partial charge < -0.3 is 14.6 Å². The SMILES string of the molecule is CC(C)(C)C1(C)CC(COc2ccc(-c3nc(-c4ccc(-c5ccccc5)cc4)nc(-c4ccc(-c5ccccc5)cc4)n3)c(O)c2)[Si]1(C)O. The van der Waals surface area contributed by atoms with Crippen LogP contribution in [0.1, 0.15) is 34.1 Å². The van der Waals surface area contributed by atoms with Crippen molar-refractivity contribution < 1.29 is 14.6 Å². The molecule has 0 spiro atoms. The van der Waals surface area contributed by atoms with Gasteiger partial charge in [-0.3, -0.25) is 0 Å². The molecule has 0 amide bonds. The van der Waals surface area contributed by atoms with Crippen molar-refractivity contribution in [1.82, 2.24) is 15.0 Å². The second kappa shape index (κ2) is 13.0. The fourth-order valence-electron chi connectivity index (χ4n) is 7.13. The van der Waals surface area contributed by atoms with E-state index in [0.717, 1.165) is 39.8 Å². The second-order valence-electron chi connectivity index (χ2n) is 14.8. The number of rotatable bonds is 8. The smallest absolute Gasteiger partial charge is 0.198 e. The van der Waals surface area contributed by atoms with Crippen LogP contribution in [-0.2, 0) is 0 Å². The molecule has 5 aromatic carbocycles. The average molecular weight is 678 g/mol. The maximum absolute atomic E-state index is 11.5. The molecule has 3 unspecified atom stereocenters. The van der Waals surface area contributed by atoms with Crippen LogP contribution in [0.5, 0.6) is 11.5 Å². The molecule has 1 fully saturated rings. The molecule has 0 saturated carbocycles. The lowest BCUT2D eigenvalue weighted by atomic mass is 9.77. The summed E-state index contributed by atoms with van der Waals surface area (Å²) in [6.45, 7) is 11.3. The first-order chi connectivity index (χ1) is 23.9. The second-order valence-corrected chi connectivity index (χ2v) is 19.0. The molecule has 7 heteroatoms. The molecular weight excluding hydrogens is 635 g/mol. The molecule has 7 rings (SSSR count). The van der Waals surface area contributed by atoms with Crippen LogP contribution in [0.4, 0.5) is 0 Å². The van der Waals surface area contributed by atoms with Crippen molar-refractivity contribution >= 4 is 8.32 Å². The molecule has 1 aliphatic rings. The zero-order valence-corrected chi connectivity index (χ0v) is 30.3. The maximum Gasteiger partial charge on any atom is 0.198 e.